The molecule has 0 radical (unpaired) electrons. The predicted octanol–water partition coefficient (Wildman–Crippen LogP) is 1.45. The highest BCUT2D eigenvalue weighted by Crippen LogP contribution is 2.41. The van der Waals surface area contributed by atoms with Crippen molar-refractivity contribution in [3.63, 3.8) is 0 Å². The summed E-state index contributed by atoms with van der Waals surface area (Å²) in [6, 6.07) is 0. The van der Waals surface area contributed by atoms with Crippen molar-refractivity contribution in [3.8, 4) is 0 Å². The summed E-state index contributed by atoms with van der Waals surface area (Å²) < 4.78 is 0. The normalized spacial score (nSPS) is 16.8. The zero-order valence-electron chi connectivity index (χ0n) is 6.82. The summed E-state index contributed by atoms with van der Waals surface area (Å²) in [5.74, 6) is 5.71. The molecule has 3 nitrogen and oxygen atoms in total. The Labute approximate surface area is 75.5 Å². The van der Waals surface area contributed by atoms with Gasteiger partial charge in [0.05, 0.1) is 17.8 Å². The SMILES string of the molecule is NOCCc1scnc1C1CC1. The van der Waals surface area contributed by atoms with Gasteiger partial charge in [-0.05, 0) is 12.8 Å². The lowest BCUT2D eigenvalue weighted by Gasteiger charge is -1.98. The van der Waals surface area contributed by atoms with Crippen LogP contribution in [0.5, 0.6) is 0 Å². The lowest BCUT2D eigenvalue weighted by molar-refractivity contribution is 0.141. The largest absolute Gasteiger partial charge is 0.304 e. The molecule has 1 fully saturated rings. The van der Waals surface area contributed by atoms with Gasteiger partial charge in [-0.2, -0.15) is 0 Å². The van der Waals surface area contributed by atoms with Crippen molar-refractivity contribution in [2.24, 2.45) is 5.90 Å². The molecule has 1 aromatic heterocycles. The van der Waals surface area contributed by atoms with Gasteiger partial charge in [0.2, 0.25) is 0 Å². The first-order valence-electron chi connectivity index (χ1n) is 4.15. The number of nitrogens with two attached hydrogens (primary N) is 1. The Bertz CT molecular complexity index is 257. The first-order valence-corrected chi connectivity index (χ1v) is 5.03. The molecule has 0 amide bonds. The van der Waals surface area contributed by atoms with Crippen molar-refractivity contribution in [2.45, 2.75) is 25.2 Å². The fraction of sp³-hybridized carbons (Fsp3) is 0.625. The highest BCUT2D eigenvalue weighted by Gasteiger charge is 2.27. The summed E-state index contributed by atoms with van der Waals surface area (Å²) in [5, 5.41) is 0. The van der Waals surface area contributed by atoms with Crippen molar-refractivity contribution in [3.05, 3.63) is 16.1 Å². The van der Waals surface area contributed by atoms with Gasteiger partial charge in [0.1, 0.15) is 0 Å². The van der Waals surface area contributed by atoms with Gasteiger partial charge in [-0.3, -0.25) is 0 Å². The molecule has 0 unspecified atom stereocenters. The van der Waals surface area contributed by atoms with Crippen LogP contribution in [-0.2, 0) is 11.3 Å². The molecule has 1 aliphatic rings. The zero-order valence-corrected chi connectivity index (χ0v) is 7.64. The Hall–Kier alpha value is -0.450. The highest BCUT2D eigenvalue weighted by atomic mass is 32.1. The summed E-state index contributed by atoms with van der Waals surface area (Å²) in [4.78, 5) is 10.3. The van der Waals surface area contributed by atoms with Gasteiger partial charge in [-0.1, -0.05) is 0 Å². The van der Waals surface area contributed by atoms with Crippen LogP contribution in [0.1, 0.15) is 29.3 Å². The summed E-state index contributed by atoms with van der Waals surface area (Å²) in [6.45, 7) is 0.599. The second-order valence-corrected chi connectivity index (χ2v) is 4.00. The summed E-state index contributed by atoms with van der Waals surface area (Å²) in [5.41, 5.74) is 3.21. The lowest BCUT2D eigenvalue weighted by atomic mass is 10.2. The smallest absolute Gasteiger partial charge is 0.0797 e. The van der Waals surface area contributed by atoms with E-state index in [9.17, 15) is 0 Å². The monoisotopic (exact) mass is 184 g/mol. The minimum Gasteiger partial charge on any atom is -0.304 e. The maximum Gasteiger partial charge on any atom is 0.0797 e. The van der Waals surface area contributed by atoms with Crippen LogP contribution >= 0.6 is 11.3 Å². The van der Waals surface area contributed by atoms with Crippen LogP contribution in [0.2, 0.25) is 0 Å². The van der Waals surface area contributed by atoms with Crippen molar-refractivity contribution in [1.29, 1.82) is 0 Å². The maximum atomic E-state index is 4.97. The Kier molecular flexibility index (Phi) is 2.39. The van der Waals surface area contributed by atoms with Gasteiger partial charge >= 0.3 is 0 Å². The van der Waals surface area contributed by atoms with Gasteiger partial charge in [-0.15, -0.1) is 11.3 Å². The minimum absolute atomic E-state index is 0.599. The molecule has 1 heterocycles. The molecule has 2 rings (SSSR count). The first kappa shape index (κ1) is 8.16. The van der Waals surface area contributed by atoms with E-state index < -0.39 is 0 Å². The average Bonchev–Trinajstić information content (AvgIpc) is 2.83. The van der Waals surface area contributed by atoms with Crippen molar-refractivity contribution < 1.29 is 4.84 Å². The Balaban J connectivity index is 2.03. The molecule has 1 aromatic rings. The molecule has 0 aliphatic heterocycles. The first-order chi connectivity index (χ1) is 5.92. The molecule has 0 spiro atoms. The van der Waals surface area contributed by atoms with Crippen LogP contribution in [0.25, 0.3) is 0 Å². The third-order valence-electron chi connectivity index (χ3n) is 2.08. The molecule has 0 bridgehead atoms. The van der Waals surface area contributed by atoms with E-state index in [2.05, 4.69) is 9.82 Å². The maximum absolute atomic E-state index is 4.97. The van der Waals surface area contributed by atoms with Gasteiger partial charge in [0.15, 0.2) is 0 Å². The number of hydrogen-bond acceptors (Lipinski definition) is 4. The Morgan fingerprint density at radius 1 is 1.67 bits per heavy atom. The number of aromatic nitrogens is 1. The third kappa shape index (κ3) is 1.65. The molecule has 0 saturated heterocycles. The molecule has 4 heteroatoms. The fourth-order valence-electron chi connectivity index (χ4n) is 1.31. The molecular weight excluding hydrogens is 172 g/mol. The number of rotatable bonds is 4. The van der Waals surface area contributed by atoms with E-state index in [1.54, 1.807) is 11.3 Å². The molecule has 0 aromatic carbocycles. The molecule has 1 aliphatic carbocycles. The molecular formula is C8H12N2OS. The van der Waals surface area contributed by atoms with Crippen molar-refractivity contribution in [1.82, 2.24) is 4.98 Å². The van der Waals surface area contributed by atoms with Crippen LogP contribution in [0.15, 0.2) is 5.51 Å². The number of nitrogens with zero attached hydrogens (tertiary/aromatic N) is 1. The predicted molar refractivity (Wildman–Crippen MR) is 47.9 cm³/mol. The van der Waals surface area contributed by atoms with Gasteiger partial charge in [0.25, 0.3) is 0 Å². The highest BCUT2D eigenvalue weighted by molar-refractivity contribution is 7.09. The van der Waals surface area contributed by atoms with E-state index in [4.69, 9.17) is 5.90 Å². The molecule has 12 heavy (non-hydrogen) atoms. The average molecular weight is 184 g/mol. The molecule has 0 atom stereocenters. The zero-order chi connectivity index (χ0) is 8.39. The molecule has 66 valence electrons. The van der Waals surface area contributed by atoms with Crippen molar-refractivity contribution >= 4 is 11.3 Å². The van der Waals surface area contributed by atoms with Crippen LogP contribution < -0.4 is 5.90 Å². The number of thiazole rings is 1. The van der Waals surface area contributed by atoms with E-state index in [1.807, 2.05) is 5.51 Å². The van der Waals surface area contributed by atoms with E-state index in [0.717, 1.165) is 12.3 Å². The Morgan fingerprint density at radius 2 is 2.50 bits per heavy atom. The second kappa shape index (κ2) is 3.51. The molecule has 1 saturated carbocycles. The van der Waals surface area contributed by atoms with Crippen LogP contribution in [0, 0.1) is 0 Å². The third-order valence-corrected chi connectivity index (χ3v) is 2.99. The summed E-state index contributed by atoms with van der Waals surface area (Å²) >= 11 is 1.71. The van der Waals surface area contributed by atoms with Gasteiger partial charge in [-0.25, -0.2) is 10.9 Å². The quantitative estimate of drug-likeness (QED) is 0.720. The van der Waals surface area contributed by atoms with E-state index in [1.165, 1.54) is 23.4 Å². The molecule has 2 N–H and O–H groups in total. The van der Waals surface area contributed by atoms with E-state index in [-0.39, 0.29) is 0 Å². The Morgan fingerprint density at radius 3 is 3.17 bits per heavy atom. The standard InChI is InChI=1S/C8H12N2OS/c9-11-4-3-7-8(6-1-2-6)10-5-12-7/h5-6H,1-4,9H2. The fourth-order valence-corrected chi connectivity index (χ4v) is 2.14. The van der Waals surface area contributed by atoms with Gasteiger partial charge in [0, 0.05) is 17.2 Å². The minimum atomic E-state index is 0.599. The van der Waals surface area contributed by atoms with Crippen LogP contribution in [0.4, 0.5) is 0 Å². The van der Waals surface area contributed by atoms with Crippen LogP contribution in [-0.4, -0.2) is 11.6 Å². The summed E-state index contributed by atoms with van der Waals surface area (Å²) in [6.07, 6.45) is 3.52. The van der Waals surface area contributed by atoms with E-state index in [0.29, 0.717) is 6.61 Å². The number of hydrogen-bond donors (Lipinski definition) is 1. The van der Waals surface area contributed by atoms with Crippen LogP contribution in [0.3, 0.4) is 0 Å². The van der Waals surface area contributed by atoms with Crippen molar-refractivity contribution in [2.75, 3.05) is 6.61 Å². The summed E-state index contributed by atoms with van der Waals surface area (Å²) in [7, 11) is 0. The topological polar surface area (TPSA) is 48.1 Å². The lowest BCUT2D eigenvalue weighted by Crippen LogP contribution is -2.03. The van der Waals surface area contributed by atoms with E-state index >= 15 is 0 Å². The van der Waals surface area contributed by atoms with Gasteiger partial charge < -0.3 is 4.84 Å². The second-order valence-electron chi connectivity index (χ2n) is 3.06.